The molecule has 0 bridgehead atoms. The highest BCUT2D eigenvalue weighted by Gasteiger charge is 2.28. The van der Waals surface area contributed by atoms with Crippen LogP contribution in [0.25, 0.3) is 0 Å². The molecule has 3 heteroatoms. The third-order valence-electron chi connectivity index (χ3n) is 2.10. The molecule has 1 aliphatic rings. The molecule has 0 spiro atoms. The molecular weight excluding hydrogens is 180 g/mol. The van der Waals surface area contributed by atoms with Crippen molar-refractivity contribution in [3.05, 3.63) is 41.5 Å². The van der Waals surface area contributed by atoms with E-state index < -0.39 is 5.97 Å². The lowest BCUT2D eigenvalue weighted by Crippen LogP contribution is -2.24. The van der Waals surface area contributed by atoms with Crippen LogP contribution in [0.3, 0.4) is 0 Å². The van der Waals surface area contributed by atoms with Gasteiger partial charge in [0, 0.05) is 0 Å². The largest absolute Gasteiger partial charge is 0.422 e. The molecule has 2 rings (SSSR count). The predicted octanol–water partition coefficient (Wildman–Crippen LogP) is 1.65. The van der Waals surface area contributed by atoms with Gasteiger partial charge in [-0.25, -0.2) is 4.79 Å². The number of esters is 1. The Balaban J connectivity index is 2.62. The van der Waals surface area contributed by atoms with Gasteiger partial charge >= 0.3 is 5.97 Å². The molecular formula is C11H8O3. The number of hydrogen-bond donors (Lipinski definition) is 0. The Morgan fingerprint density at radius 1 is 1.29 bits per heavy atom. The molecule has 1 aliphatic heterocycles. The zero-order chi connectivity index (χ0) is 10.3. The molecule has 0 saturated carbocycles. The highest BCUT2D eigenvalue weighted by atomic mass is 16.5. The number of fused-ring (bicyclic) bond motifs is 1. The SMILES string of the molecule is C=C1C(=O)Oc2ccc(C)cc2C1=O. The molecule has 0 aliphatic carbocycles. The van der Waals surface area contributed by atoms with Gasteiger partial charge in [0.15, 0.2) is 0 Å². The average molecular weight is 188 g/mol. The summed E-state index contributed by atoms with van der Waals surface area (Å²) in [5.41, 5.74) is 1.25. The van der Waals surface area contributed by atoms with Gasteiger partial charge in [0.25, 0.3) is 0 Å². The molecule has 3 nitrogen and oxygen atoms in total. The molecule has 0 amide bonds. The highest BCUT2D eigenvalue weighted by Crippen LogP contribution is 2.27. The van der Waals surface area contributed by atoms with E-state index >= 15 is 0 Å². The van der Waals surface area contributed by atoms with Crippen LogP contribution in [0.2, 0.25) is 0 Å². The van der Waals surface area contributed by atoms with Gasteiger partial charge in [-0.15, -0.1) is 0 Å². The third kappa shape index (κ3) is 1.14. The van der Waals surface area contributed by atoms with E-state index in [0.29, 0.717) is 11.3 Å². The first kappa shape index (κ1) is 8.69. The maximum atomic E-state index is 11.6. The van der Waals surface area contributed by atoms with Crippen molar-refractivity contribution in [1.29, 1.82) is 0 Å². The first-order valence-electron chi connectivity index (χ1n) is 4.16. The van der Waals surface area contributed by atoms with E-state index in [2.05, 4.69) is 6.58 Å². The second-order valence-electron chi connectivity index (χ2n) is 3.20. The topological polar surface area (TPSA) is 43.4 Å². The Morgan fingerprint density at radius 2 is 2.00 bits per heavy atom. The number of hydrogen-bond acceptors (Lipinski definition) is 3. The second kappa shape index (κ2) is 2.80. The van der Waals surface area contributed by atoms with Crippen molar-refractivity contribution in [2.45, 2.75) is 6.92 Å². The van der Waals surface area contributed by atoms with Crippen molar-refractivity contribution in [3.8, 4) is 5.75 Å². The van der Waals surface area contributed by atoms with Crippen molar-refractivity contribution < 1.29 is 14.3 Å². The van der Waals surface area contributed by atoms with Crippen LogP contribution in [0.15, 0.2) is 30.4 Å². The van der Waals surface area contributed by atoms with Crippen molar-refractivity contribution in [1.82, 2.24) is 0 Å². The number of carbonyl (C=O) groups is 2. The van der Waals surface area contributed by atoms with Gasteiger partial charge in [0.05, 0.1) is 5.56 Å². The normalized spacial score (nSPS) is 15.1. The standard InChI is InChI=1S/C11H8O3/c1-6-3-4-9-8(5-6)10(12)7(2)11(13)14-9/h3-5H,2H2,1H3. The summed E-state index contributed by atoms with van der Waals surface area (Å²) < 4.78 is 4.91. The molecule has 70 valence electrons. The van der Waals surface area contributed by atoms with Gasteiger partial charge < -0.3 is 4.74 Å². The smallest absolute Gasteiger partial charge is 0.346 e. The summed E-state index contributed by atoms with van der Waals surface area (Å²) in [5.74, 6) is -0.690. The lowest BCUT2D eigenvalue weighted by atomic mass is 9.99. The summed E-state index contributed by atoms with van der Waals surface area (Å²) >= 11 is 0. The fraction of sp³-hybridized carbons (Fsp3) is 0.0909. The molecule has 14 heavy (non-hydrogen) atoms. The van der Waals surface area contributed by atoms with Crippen LogP contribution in [-0.2, 0) is 4.79 Å². The van der Waals surface area contributed by atoms with Gasteiger partial charge in [-0.2, -0.15) is 0 Å². The maximum absolute atomic E-state index is 11.6. The van der Waals surface area contributed by atoms with E-state index in [9.17, 15) is 9.59 Å². The van der Waals surface area contributed by atoms with Crippen LogP contribution in [0.1, 0.15) is 15.9 Å². The number of ketones is 1. The van der Waals surface area contributed by atoms with Gasteiger partial charge in [-0.05, 0) is 19.1 Å². The monoisotopic (exact) mass is 188 g/mol. The Hall–Kier alpha value is -1.90. The van der Waals surface area contributed by atoms with Gasteiger partial charge in [0.2, 0.25) is 5.78 Å². The average Bonchev–Trinajstić information content (AvgIpc) is 2.16. The quantitative estimate of drug-likeness (QED) is 0.269. The van der Waals surface area contributed by atoms with Crippen molar-refractivity contribution in [2.24, 2.45) is 0 Å². The van der Waals surface area contributed by atoms with E-state index in [0.717, 1.165) is 5.56 Å². The molecule has 0 saturated heterocycles. The molecule has 1 aromatic carbocycles. The second-order valence-corrected chi connectivity index (χ2v) is 3.20. The molecule has 1 aromatic rings. The number of carbonyl (C=O) groups excluding carboxylic acids is 2. The summed E-state index contributed by atoms with van der Waals surface area (Å²) in [6.07, 6.45) is 0. The number of aryl methyl sites for hydroxylation is 1. The Labute approximate surface area is 81.0 Å². The summed E-state index contributed by atoms with van der Waals surface area (Å²) in [6, 6.07) is 5.09. The summed E-state index contributed by atoms with van der Waals surface area (Å²) in [6.45, 7) is 5.25. The molecule has 0 radical (unpaired) electrons. The van der Waals surface area contributed by atoms with E-state index in [1.807, 2.05) is 6.92 Å². The molecule has 0 atom stereocenters. The Morgan fingerprint density at radius 3 is 2.71 bits per heavy atom. The molecule has 0 aromatic heterocycles. The third-order valence-corrected chi connectivity index (χ3v) is 2.10. The van der Waals surface area contributed by atoms with Crippen LogP contribution in [0, 0.1) is 6.92 Å². The fourth-order valence-electron chi connectivity index (χ4n) is 1.33. The maximum Gasteiger partial charge on any atom is 0.346 e. The predicted molar refractivity (Wildman–Crippen MR) is 50.3 cm³/mol. The Kier molecular flexibility index (Phi) is 1.74. The molecule has 1 heterocycles. The van der Waals surface area contributed by atoms with Crippen LogP contribution < -0.4 is 4.74 Å². The van der Waals surface area contributed by atoms with Gasteiger partial charge in [-0.1, -0.05) is 18.2 Å². The minimum Gasteiger partial charge on any atom is -0.422 e. The van der Waals surface area contributed by atoms with E-state index in [-0.39, 0.29) is 11.4 Å². The number of ether oxygens (including phenoxy) is 1. The molecule has 0 fully saturated rings. The van der Waals surface area contributed by atoms with Crippen LogP contribution in [-0.4, -0.2) is 11.8 Å². The van der Waals surface area contributed by atoms with Crippen LogP contribution in [0.4, 0.5) is 0 Å². The number of rotatable bonds is 0. The minimum absolute atomic E-state index is 0.108. The zero-order valence-electron chi connectivity index (χ0n) is 7.66. The van der Waals surface area contributed by atoms with E-state index in [1.165, 1.54) is 0 Å². The lowest BCUT2D eigenvalue weighted by Gasteiger charge is -2.15. The van der Waals surface area contributed by atoms with Crippen molar-refractivity contribution >= 4 is 11.8 Å². The first-order chi connectivity index (χ1) is 6.59. The summed E-state index contributed by atoms with van der Waals surface area (Å²) in [5, 5.41) is 0. The number of Topliss-reactive ketones (excluding diaryl/α,β-unsaturated/α-hetero) is 1. The van der Waals surface area contributed by atoms with E-state index in [1.54, 1.807) is 18.2 Å². The first-order valence-corrected chi connectivity index (χ1v) is 4.16. The van der Waals surface area contributed by atoms with E-state index in [4.69, 9.17) is 4.74 Å². The minimum atomic E-state index is -0.661. The van der Waals surface area contributed by atoms with Crippen LogP contribution >= 0.6 is 0 Å². The summed E-state index contributed by atoms with van der Waals surface area (Å²) in [4.78, 5) is 22.7. The van der Waals surface area contributed by atoms with Crippen LogP contribution in [0.5, 0.6) is 5.75 Å². The lowest BCUT2D eigenvalue weighted by molar-refractivity contribution is -0.130. The highest BCUT2D eigenvalue weighted by molar-refractivity contribution is 6.27. The summed E-state index contributed by atoms with van der Waals surface area (Å²) in [7, 11) is 0. The fourth-order valence-corrected chi connectivity index (χ4v) is 1.33. The van der Waals surface area contributed by atoms with Gasteiger partial charge in [-0.3, -0.25) is 4.79 Å². The van der Waals surface area contributed by atoms with Crippen molar-refractivity contribution in [3.63, 3.8) is 0 Å². The zero-order valence-corrected chi connectivity index (χ0v) is 7.66. The van der Waals surface area contributed by atoms with Crippen molar-refractivity contribution in [2.75, 3.05) is 0 Å². The Bertz CT molecular complexity index is 458. The van der Waals surface area contributed by atoms with Gasteiger partial charge in [0.1, 0.15) is 11.3 Å². The molecule has 0 N–H and O–H groups in total. The molecule has 0 unspecified atom stereocenters. The number of benzene rings is 1.